The largest absolute Gasteiger partial charge is 0.489 e. The maximum atomic E-state index is 12.9. The molecule has 1 aromatic carbocycles. The first-order valence-corrected chi connectivity index (χ1v) is 6.18. The van der Waals surface area contributed by atoms with Crippen LogP contribution in [0.1, 0.15) is 24.1 Å². The zero-order valence-corrected chi connectivity index (χ0v) is 11.1. The number of ether oxygens (including phenoxy) is 1. The van der Waals surface area contributed by atoms with E-state index in [0.29, 0.717) is 18.2 Å². The van der Waals surface area contributed by atoms with Gasteiger partial charge in [0.2, 0.25) is 0 Å². The van der Waals surface area contributed by atoms with Crippen LogP contribution >= 0.6 is 0 Å². The van der Waals surface area contributed by atoms with E-state index in [1.165, 1.54) is 17.8 Å². The van der Waals surface area contributed by atoms with Crippen molar-refractivity contribution in [3.8, 4) is 5.75 Å². The Morgan fingerprint density at radius 3 is 2.63 bits per heavy atom. The second-order valence-electron chi connectivity index (χ2n) is 4.38. The highest BCUT2D eigenvalue weighted by Gasteiger charge is 2.03. The number of rotatable bonds is 5. The van der Waals surface area contributed by atoms with E-state index in [1.54, 1.807) is 6.20 Å². The molecule has 1 heterocycles. The topological polar surface area (TPSA) is 34.1 Å². The van der Waals surface area contributed by atoms with Gasteiger partial charge >= 0.3 is 0 Å². The van der Waals surface area contributed by atoms with Crippen molar-refractivity contribution in [2.75, 3.05) is 7.05 Å². The van der Waals surface area contributed by atoms with Gasteiger partial charge < -0.3 is 10.1 Å². The molecule has 2 aromatic rings. The molecule has 1 N–H and O–H groups in total. The van der Waals surface area contributed by atoms with Crippen molar-refractivity contribution in [3.63, 3.8) is 0 Å². The lowest BCUT2D eigenvalue weighted by molar-refractivity contribution is 0.305. The van der Waals surface area contributed by atoms with E-state index in [1.807, 2.05) is 31.3 Å². The van der Waals surface area contributed by atoms with Gasteiger partial charge in [-0.15, -0.1) is 0 Å². The number of hydrogen-bond acceptors (Lipinski definition) is 3. The van der Waals surface area contributed by atoms with Crippen molar-refractivity contribution >= 4 is 0 Å². The molecule has 1 aromatic heterocycles. The van der Waals surface area contributed by atoms with Crippen molar-refractivity contribution < 1.29 is 9.13 Å². The van der Waals surface area contributed by atoms with Gasteiger partial charge in [-0.1, -0.05) is 12.1 Å². The zero-order valence-electron chi connectivity index (χ0n) is 11.1. The number of hydrogen-bond donors (Lipinski definition) is 1. The Morgan fingerprint density at radius 2 is 2.00 bits per heavy atom. The SMILES string of the molecule is CNC(C)c1ccc(OCc2cncc(F)c2)cc1. The van der Waals surface area contributed by atoms with Crippen LogP contribution in [0.4, 0.5) is 4.39 Å². The molecule has 0 saturated carbocycles. The summed E-state index contributed by atoms with van der Waals surface area (Å²) in [6.45, 7) is 2.40. The molecule has 19 heavy (non-hydrogen) atoms. The fourth-order valence-electron chi connectivity index (χ4n) is 1.72. The third-order valence-electron chi connectivity index (χ3n) is 2.98. The van der Waals surface area contributed by atoms with Gasteiger partial charge in [-0.2, -0.15) is 0 Å². The van der Waals surface area contributed by atoms with Gasteiger partial charge in [-0.3, -0.25) is 4.98 Å². The minimum atomic E-state index is -0.348. The summed E-state index contributed by atoms with van der Waals surface area (Å²) in [5, 5.41) is 3.17. The van der Waals surface area contributed by atoms with E-state index in [-0.39, 0.29) is 5.82 Å². The third-order valence-corrected chi connectivity index (χ3v) is 2.98. The van der Waals surface area contributed by atoms with Gasteiger partial charge in [0.1, 0.15) is 18.2 Å². The van der Waals surface area contributed by atoms with Crippen molar-refractivity contribution in [1.29, 1.82) is 0 Å². The number of halogens is 1. The van der Waals surface area contributed by atoms with Crippen LogP contribution in [0.15, 0.2) is 42.7 Å². The lowest BCUT2D eigenvalue weighted by atomic mass is 10.1. The highest BCUT2D eigenvalue weighted by atomic mass is 19.1. The molecule has 4 heteroatoms. The Hall–Kier alpha value is -1.94. The lowest BCUT2D eigenvalue weighted by Crippen LogP contribution is -2.11. The van der Waals surface area contributed by atoms with Gasteiger partial charge in [0, 0.05) is 17.8 Å². The molecule has 0 spiro atoms. The first-order chi connectivity index (χ1) is 9.19. The van der Waals surface area contributed by atoms with Crippen LogP contribution < -0.4 is 10.1 Å². The molecular formula is C15H17FN2O. The normalized spacial score (nSPS) is 12.2. The summed E-state index contributed by atoms with van der Waals surface area (Å²) in [4.78, 5) is 3.78. The summed E-state index contributed by atoms with van der Waals surface area (Å²) in [7, 11) is 1.92. The fraction of sp³-hybridized carbons (Fsp3) is 0.267. The van der Waals surface area contributed by atoms with Crippen LogP contribution in [0, 0.1) is 5.82 Å². The molecule has 1 atom stereocenters. The lowest BCUT2D eigenvalue weighted by Gasteiger charge is -2.11. The Balaban J connectivity index is 1.96. The first-order valence-electron chi connectivity index (χ1n) is 6.18. The average Bonchev–Trinajstić information content (AvgIpc) is 2.45. The van der Waals surface area contributed by atoms with Crippen LogP contribution in [0.2, 0.25) is 0 Å². The van der Waals surface area contributed by atoms with E-state index in [4.69, 9.17) is 4.74 Å². The number of aromatic nitrogens is 1. The Bertz CT molecular complexity index is 528. The Kier molecular flexibility index (Phi) is 4.47. The third kappa shape index (κ3) is 3.76. The van der Waals surface area contributed by atoms with Gasteiger partial charge in [0.15, 0.2) is 0 Å². The second kappa shape index (κ2) is 6.29. The maximum absolute atomic E-state index is 12.9. The minimum Gasteiger partial charge on any atom is -0.489 e. The first kappa shape index (κ1) is 13.5. The fourth-order valence-corrected chi connectivity index (χ4v) is 1.72. The van der Waals surface area contributed by atoms with Crippen LogP contribution in [0.25, 0.3) is 0 Å². The van der Waals surface area contributed by atoms with Gasteiger partial charge in [0.25, 0.3) is 0 Å². The number of nitrogens with zero attached hydrogens (tertiary/aromatic N) is 1. The van der Waals surface area contributed by atoms with Crippen LogP contribution in [0.3, 0.4) is 0 Å². The molecule has 1 unspecified atom stereocenters. The van der Waals surface area contributed by atoms with E-state index < -0.39 is 0 Å². The highest BCUT2D eigenvalue weighted by molar-refractivity contribution is 5.29. The summed E-state index contributed by atoms with van der Waals surface area (Å²) in [6, 6.07) is 9.58. The summed E-state index contributed by atoms with van der Waals surface area (Å²) < 4.78 is 18.5. The van der Waals surface area contributed by atoms with E-state index >= 15 is 0 Å². The van der Waals surface area contributed by atoms with Crippen LogP contribution in [0.5, 0.6) is 5.75 Å². The molecule has 2 rings (SSSR count). The van der Waals surface area contributed by atoms with Crippen LogP contribution in [-0.2, 0) is 6.61 Å². The van der Waals surface area contributed by atoms with Crippen molar-refractivity contribution in [3.05, 3.63) is 59.7 Å². The van der Waals surface area contributed by atoms with E-state index in [2.05, 4.69) is 17.2 Å². The molecule has 100 valence electrons. The Labute approximate surface area is 112 Å². The molecule has 0 aliphatic heterocycles. The number of pyridine rings is 1. The number of benzene rings is 1. The molecule has 0 radical (unpaired) electrons. The van der Waals surface area contributed by atoms with E-state index in [0.717, 1.165) is 5.75 Å². The quantitative estimate of drug-likeness (QED) is 0.897. The summed E-state index contributed by atoms with van der Waals surface area (Å²) in [5.74, 6) is 0.413. The zero-order chi connectivity index (χ0) is 13.7. The molecule has 0 amide bonds. The Morgan fingerprint density at radius 1 is 1.26 bits per heavy atom. The monoisotopic (exact) mass is 260 g/mol. The molecule has 3 nitrogen and oxygen atoms in total. The van der Waals surface area contributed by atoms with Crippen LogP contribution in [-0.4, -0.2) is 12.0 Å². The molecule has 0 fully saturated rings. The summed E-state index contributed by atoms with van der Waals surface area (Å²) in [5.41, 5.74) is 1.91. The maximum Gasteiger partial charge on any atom is 0.141 e. The van der Waals surface area contributed by atoms with Gasteiger partial charge in [-0.25, -0.2) is 4.39 Å². The molecular weight excluding hydrogens is 243 g/mol. The molecule has 0 bridgehead atoms. The average molecular weight is 260 g/mol. The second-order valence-corrected chi connectivity index (χ2v) is 4.38. The highest BCUT2D eigenvalue weighted by Crippen LogP contribution is 2.18. The van der Waals surface area contributed by atoms with Gasteiger partial charge in [0.05, 0.1) is 6.20 Å². The van der Waals surface area contributed by atoms with E-state index in [9.17, 15) is 4.39 Å². The molecule has 0 saturated heterocycles. The standard InChI is InChI=1S/C15H17FN2O/c1-11(17-2)13-3-5-15(6-4-13)19-10-12-7-14(16)9-18-8-12/h3-9,11,17H,10H2,1-2H3. The van der Waals surface area contributed by atoms with Crippen molar-refractivity contribution in [2.24, 2.45) is 0 Å². The number of nitrogens with one attached hydrogen (secondary N) is 1. The van der Waals surface area contributed by atoms with Crippen molar-refractivity contribution in [2.45, 2.75) is 19.6 Å². The molecule has 0 aliphatic carbocycles. The summed E-state index contributed by atoms with van der Waals surface area (Å²) >= 11 is 0. The minimum absolute atomic E-state index is 0.307. The van der Waals surface area contributed by atoms with Gasteiger partial charge in [-0.05, 0) is 37.7 Å². The molecule has 0 aliphatic rings. The summed E-state index contributed by atoms with van der Waals surface area (Å²) in [6.07, 6.45) is 2.78. The smallest absolute Gasteiger partial charge is 0.141 e. The predicted molar refractivity (Wildman–Crippen MR) is 72.4 cm³/mol. The van der Waals surface area contributed by atoms with Crippen molar-refractivity contribution in [1.82, 2.24) is 10.3 Å². The predicted octanol–water partition coefficient (Wildman–Crippen LogP) is 3.08.